The molecule has 0 rings (SSSR count). The van der Waals surface area contributed by atoms with Gasteiger partial charge in [-0.1, -0.05) is 13.8 Å². The van der Waals surface area contributed by atoms with Gasteiger partial charge in [-0.2, -0.15) is 0 Å². The molecule has 0 saturated carbocycles. The minimum Gasteiger partial charge on any atom is -0.480 e. The van der Waals surface area contributed by atoms with Gasteiger partial charge in [-0.25, -0.2) is 4.79 Å². The zero-order chi connectivity index (χ0) is 10.8. The molecule has 0 heterocycles. The van der Waals surface area contributed by atoms with Crippen molar-refractivity contribution in [3.63, 3.8) is 0 Å². The molecular formula is C7H13NO5. The Kier molecular flexibility index (Phi) is 3.39. The lowest BCUT2D eigenvalue weighted by molar-refractivity contribution is -0.173. The Morgan fingerprint density at radius 2 is 1.69 bits per heavy atom. The molecule has 6 heteroatoms. The van der Waals surface area contributed by atoms with E-state index in [1.54, 1.807) is 0 Å². The Morgan fingerprint density at radius 3 is 1.77 bits per heavy atom. The molecule has 0 fully saturated rings. The van der Waals surface area contributed by atoms with Crippen LogP contribution < -0.4 is 5.73 Å². The Labute approximate surface area is 75.0 Å². The summed E-state index contributed by atoms with van der Waals surface area (Å²) in [7, 11) is 0. The number of aliphatic hydroxyl groups is 1. The van der Waals surface area contributed by atoms with Crippen molar-refractivity contribution in [1.82, 2.24) is 0 Å². The number of carboxylic acid groups (broad SMARTS) is 2. The second kappa shape index (κ2) is 3.71. The second-order valence-electron chi connectivity index (χ2n) is 3.10. The molecule has 76 valence electrons. The molecule has 0 unspecified atom stereocenters. The topological polar surface area (TPSA) is 121 Å². The Bertz CT molecular complexity index is 227. The standard InChI is InChI=1S/C7H13NO5/c1-3(2)7(13,6(11)12)4(8)5(9)10/h3-4,13H,8H2,1-2H3,(H,9,10)(H,11,12)/t4-,7+/m1/s1. The maximum Gasteiger partial charge on any atom is 0.338 e. The average Bonchev–Trinajstić information content (AvgIpc) is 2.00. The second-order valence-corrected chi connectivity index (χ2v) is 3.10. The molecule has 0 aromatic rings. The maximum atomic E-state index is 10.6. The molecule has 0 aliphatic carbocycles. The van der Waals surface area contributed by atoms with Crippen LogP contribution >= 0.6 is 0 Å². The number of hydrogen-bond donors (Lipinski definition) is 4. The van der Waals surface area contributed by atoms with Gasteiger partial charge >= 0.3 is 11.9 Å². The first-order valence-electron chi connectivity index (χ1n) is 3.68. The van der Waals surface area contributed by atoms with Crippen molar-refractivity contribution in [2.75, 3.05) is 0 Å². The molecule has 0 aromatic heterocycles. The fourth-order valence-electron chi connectivity index (χ4n) is 0.927. The first kappa shape index (κ1) is 11.9. The summed E-state index contributed by atoms with van der Waals surface area (Å²) < 4.78 is 0. The third-order valence-corrected chi connectivity index (χ3v) is 1.96. The van der Waals surface area contributed by atoms with Crippen LogP contribution in [-0.4, -0.2) is 38.9 Å². The van der Waals surface area contributed by atoms with Crippen molar-refractivity contribution >= 4 is 11.9 Å². The molecule has 0 radical (unpaired) electrons. The summed E-state index contributed by atoms with van der Waals surface area (Å²) in [5, 5.41) is 26.6. The van der Waals surface area contributed by atoms with E-state index >= 15 is 0 Å². The van der Waals surface area contributed by atoms with E-state index in [0.29, 0.717) is 0 Å². The third kappa shape index (κ3) is 1.96. The zero-order valence-electron chi connectivity index (χ0n) is 7.39. The molecule has 13 heavy (non-hydrogen) atoms. The predicted molar refractivity (Wildman–Crippen MR) is 43.0 cm³/mol. The van der Waals surface area contributed by atoms with E-state index in [-0.39, 0.29) is 0 Å². The SMILES string of the molecule is CC(C)[C@@](O)(C(=O)O)[C@H](N)C(=O)O. The first-order chi connectivity index (χ1) is 5.74. The number of carboxylic acids is 2. The minimum atomic E-state index is -2.42. The zero-order valence-corrected chi connectivity index (χ0v) is 7.39. The molecule has 0 bridgehead atoms. The van der Waals surface area contributed by atoms with E-state index in [2.05, 4.69) is 0 Å². The lowest BCUT2D eigenvalue weighted by Crippen LogP contribution is -2.61. The van der Waals surface area contributed by atoms with E-state index < -0.39 is 29.5 Å². The highest BCUT2D eigenvalue weighted by atomic mass is 16.4. The summed E-state index contributed by atoms with van der Waals surface area (Å²) >= 11 is 0. The van der Waals surface area contributed by atoms with Gasteiger partial charge in [-0.3, -0.25) is 4.79 Å². The van der Waals surface area contributed by atoms with Crippen molar-refractivity contribution in [2.24, 2.45) is 11.7 Å². The highest BCUT2D eigenvalue weighted by Gasteiger charge is 2.48. The largest absolute Gasteiger partial charge is 0.480 e. The molecule has 0 saturated heterocycles. The third-order valence-electron chi connectivity index (χ3n) is 1.96. The van der Waals surface area contributed by atoms with Crippen LogP contribution in [0.3, 0.4) is 0 Å². The number of aliphatic carboxylic acids is 2. The summed E-state index contributed by atoms with van der Waals surface area (Å²) in [6, 6.07) is -1.83. The van der Waals surface area contributed by atoms with Crippen molar-refractivity contribution in [2.45, 2.75) is 25.5 Å². The average molecular weight is 191 g/mol. The highest BCUT2D eigenvalue weighted by molar-refractivity contribution is 5.88. The van der Waals surface area contributed by atoms with Crippen LogP contribution in [0.1, 0.15) is 13.8 Å². The molecule has 0 spiro atoms. The molecular weight excluding hydrogens is 178 g/mol. The van der Waals surface area contributed by atoms with Crippen LogP contribution in [0.4, 0.5) is 0 Å². The number of hydrogen-bond acceptors (Lipinski definition) is 4. The molecule has 0 aromatic carbocycles. The quantitative estimate of drug-likeness (QED) is 0.446. The Hall–Kier alpha value is -1.14. The lowest BCUT2D eigenvalue weighted by atomic mass is 9.83. The molecule has 0 aliphatic heterocycles. The van der Waals surface area contributed by atoms with Crippen molar-refractivity contribution in [1.29, 1.82) is 0 Å². The predicted octanol–water partition coefficient (Wildman–Crippen LogP) is -1.13. The van der Waals surface area contributed by atoms with E-state index in [0.717, 1.165) is 0 Å². The van der Waals surface area contributed by atoms with Crippen LogP contribution in [0, 0.1) is 5.92 Å². The summed E-state index contributed by atoms with van der Waals surface area (Å²) in [6.45, 7) is 2.77. The van der Waals surface area contributed by atoms with Gasteiger partial charge < -0.3 is 21.1 Å². The van der Waals surface area contributed by atoms with E-state index in [9.17, 15) is 14.7 Å². The summed E-state index contributed by atoms with van der Waals surface area (Å²) in [6.07, 6.45) is 0. The van der Waals surface area contributed by atoms with E-state index in [1.165, 1.54) is 13.8 Å². The van der Waals surface area contributed by atoms with E-state index in [4.69, 9.17) is 15.9 Å². The number of rotatable bonds is 4. The number of carbonyl (C=O) groups is 2. The first-order valence-corrected chi connectivity index (χ1v) is 3.68. The van der Waals surface area contributed by atoms with Crippen LogP contribution in [0.5, 0.6) is 0 Å². The Balaban J connectivity index is 5.01. The van der Waals surface area contributed by atoms with Crippen molar-refractivity contribution in [3.05, 3.63) is 0 Å². The molecule has 0 aliphatic rings. The van der Waals surface area contributed by atoms with Gasteiger partial charge in [-0.05, 0) is 5.92 Å². The van der Waals surface area contributed by atoms with Crippen molar-refractivity contribution < 1.29 is 24.9 Å². The van der Waals surface area contributed by atoms with Gasteiger partial charge in [0.2, 0.25) is 0 Å². The molecule has 2 atom stereocenters. The minimum absolute atomic E-state index is 0.781. The smallest absolute Gasteiger partial charge is 0.338 e. The van der Waals surface area contributed by atoms with Crippen LogP contribution in [0.2, 0.25) is 0 Å². The fourth-order valence-corrected chi connectivity index (χ4v) is 0.927. The monoisotopic (exact) mass is 191 g/mol. The molecule has 6 nitrogen and oxygen atoms in total. The van der Waals surface area contributed by atoms with E-state index in [1.807, 2.05) is 0 Å². The van der Waals surface area contributed by atoms with Crippen LogP contribution in [-0.2, 0) is 9.59 Å². The maximum absolute atomic E-state index is 10.6. The van der Waals surface area contributed by atoms with Gasteiger partial charge in [0, 0.05) is 0 Å². The molecule has 0 amide bonds. The summed E-state index contributed by atoms with van der Waals surface area (Å²) in [4.78, 5) is 21.0. The molecule has 5 N–H and O–H groups in total. The summed E-state index contributed by atoms with van der Waals surface area (Å²) in [5.41, 5.74) is 2.64. The van der Waals surface area contributed by atoms with Gasteiger partial charge in [0.15, 0.2) is 5.60 Å². The lowest BCUT2D eigenvalue weighted by Gasteiger charge is -2.30. The van der Waals surface area contributed by atoms with Gasteiger partial charge in [0.1, 0.15) is 6.04 Å². The highest BCUT2D eigenvalue weighted by Crippen LogP contribution is 2.20. The van der Waals surface area contributed by atoms with Crippen LogP contribution in [0.15, 0.2) is 0 Å². The van der Waals surface area contributed by atoms with Crippen molar-refractivity contribution in [3.8, 4) is 0 Å². The summed E-state index contributed by atoms with van der Waals surface area (Å²) in [5.74, 6) is -3.95. The fraction of sp³-hybridized carbons (Fsp3) is 0.714. The van der Waals surface area contributed by atoms with Gasteiger partial charge in [-0.15, -0.1) is 0 Å². The normalized spacial score (nSPS) is 17.9. The van der Waals surface area contributed by atoms with Gasteiger partial charge in [0.05, 0.1) is 0 Å². The Morgan fingerprint density at radius 1 is 1.31 bits per heavy atom. The van der Waals surface area contributed by atoms with Crippen LogP contribution in [0.25, 0.3) is 0 Å². The number of nitrogens with two attached hydrogens (primary N) is 1. The van der Waals surface area contributed by atoms with Gasteiger partial charge in [0.25, 0.3) is 0 Å².